The minimum atomic E-state index is -0.597. The molecule has 0 radical (unpaired) electrons. The van der Waals surface area contributed by atoms with E-state index >= 15 is 0 Å². The summed E-state index contributed by atoms with van der Waals surface area (Å²) in [5.74, 6) is 0. The number of hydrogen-bond donors (Lipinski definition) is 2. The number of likely N-dealkylation sites (N-methyl/N-ethyl adjacent to an activating group) is 1. The molecule has 1 heterocycles. The van der Waals surface area contributed by atoms with Crippen LogP contribution in [0.4, 0.5) is 0 Å². The molecule has 0 spiro atoms. The summed E-state index contributed by atoms with van der Waals surface area (Å²) in [6, 6.07) is -0.0684. The Balaban J connectivity index is 2.51. The first-order chi connectivity index (χ1) is 6.12. The van der Waals surface area contributed by atoms with E-state index in [1.807, 2.05) is 0 Å². The number of piperidine rings is 1. The van der Waals surface area contributed by atoms with Crippen LogP contribution in [0.1, 0.15) is 33.1 Å². The van der Waals surface area contributed by atoms with Crippen molar-refractivity contribution in [1.29, 1.82) is 0 Å². The number of nitrogens with zero attached hydrogens (tertiary/aromatic N) is 1. The predicted octanol–water partition coefficient (Wildman–Crippen LogP) is 0.571. The molecule has 1 aliphatic heterocycles. The Morgan fingerprint density at radius 1 is 1.54 bits per heavy atom. The zero-order valence-electron chi connectivity index (χ0n) is 8.79. The molecule has 0 bridgehead atoms. The van der Waals surface area contributed by atoms with E-state index in [0.29, 0.717) is 0 Å². The van der Waals surface area contributed by atoms with Crippen LogP contribution in [0.25, 0.3) is 0 Å². The third-order valence-electron chi connectivity index (χ3n) is 3.14. The molecule has 1 fully saturated rings. The minimum absolute atomic E-state index is 0.0684. The molecule has 1 aliphatic rings. The third kappa shape index (κ3) is 2.42. The highest BCUT2D eigenvalue weighted by Crippen LogP contribution is 2.25. The van der Waals surface area contributed by atoms with Gasteiger partial charge in [0.25, 0.3) is 0 Å². The fraction of sp³-hybridized carbons (Fsp3) is 1.00. The zero-order valence-corrected chi connectivity index (χ0v) is 8.79. The number of likely N-dealkylation sites (tertiary alicyclic amines) is 1. The van der Waals surface area contributed by atoms with Crippen molar-refractivity contribution in [3.63, 3.8) is 0 Å². The Morgan fingerprint density at radius 2 is 2.23 bits per heavy atom. The molecule has 0 amide bonds. The van der Waals surface area contributed by atoms with E-state index < -0.39 is 5.60 Å². The Bertz CT molecular complexity index is 163. The normalized spacial score (nSPS) is 36.5. The smallest absolute Gasteiger partial charge is 0.0822 e. The van der Waals surface area contributed by atoms with Gasteiger partial charge in [-0.2, -0.15) is 0 Å². The fourth-order valence-electron chi connectivity index (χ4n) is 2.11. The highest BCUT2D eigenvalue weighted by atomic mass is 16.3. The van der Waals surface area contributed by atoms with Gasteiger partial charge >= 0.3 is 0 Å². The largest absolute Gasteiger partial charge is 0.388 e. The quantitative estimate of drug-likeness (QED) is 0.677. The molecule has 78 valence electrons. The van der Waals surface area contributed by atoms with E-state index in [1.165, 1.54) is 0 Å². The summed E-state index contributed by atoms with van der Waals surface area (Å²) < 4.78 is 0. The van der Waals surface area contributed by atoms with E-state index in [-0.39, 0.29) is 6.04 Å². The molecule has 1 saturated heterocycles. The van der Waals surface area contributed by atoms with Gasteiger partial charge in [0.1, 0.15) is 0 Å². The number of hydrogen-bond acceptors (Lipinski definition) is 3. The molecule has 13 heavy (non-hydrogen) atoms. The highest BCUT2D eigenvalue weighted by molar-refractivity contribution is 4.95. The van der Waals surface area contributed by atoms with Gasteiger partial charge in [0, 0.05) is 19.1 Å². The summed E-state index contributed by atoms with van der Waals surface area (Å²) in [6.07, 6.45) is 2.68. The predicted molar refractivity (Wildman–Crippen MR) is 54.6 cm³/mol. The standard InChI is InChI=1S/C10H22N2O/c1-3-5-10(13)6-7-12(4-2)8-9(10)11/h9,13H,3-8,11H2,1-2H3. The summed E-state index contributed by atoms with van der Waals surface area (Å²) in [7, 11) is 0. The molecule has 1 rings (SSSR count). The van der Waals surface area contributed by atoms with Crippen LogP contribution in [0, 0.1) is 0 Å². The van der Waals surface area contributed by atoms with Gasteiger partial charge in [0.15, 0.2) is 0 Å². The van der Waals surface area contributed by atoms with Gasteiger partial charge in [-0.15, -0.1) is 0 Å². The lowest BCUT2D eigenvalue weighted by Crippen LogP contribution is -2.59. The lowest BCUT2D eigenvalue weighted by molar-refractivity contribution is -0.0442. The van der Waals surface area contributed by atoms with Crippen molar-refractivity contribution in [3.8, 4) is 0 Å². The monoisotopic (exact) mass is 186 g/mol. The maximum Gasteiger partial charge on any atom is 0.0822 e. The van der Waals surface area contributed by atoms with Crippen LogP contribution in [0.3, 0.4) is 0 Å². The van der Waals surface area contributed by atoms with E-state index in [9.17, 15) is 5.11 Å². The van der Waals surface area contributed by atoms with Gasteiger partial charge in [-0.25, -0.2) is 0 Å². The first-order valence-electron chi connectivity index (χ1n) is 5.32. The minimum Gasteiger partial charge on any atom is -0.388 e. The van der Waals surface area contributed by atoms with Crippen LogP contribution < -0.4 is 5.73 Å². The number of nitrogens with two attached hydrogens (primary N) is 1. The van der Waals surface area contributed by atoms with E-state index in [0.717, 1.165) is 38.9 Å². The SMILES string of the molecule is CCCC1(O)CCN(CC)CC1N. The van der Waals surface area contributed by atoms with Gasteiger partial charge in [0.05, 0.1) is 5.60 Å². The highest BCUT2D eigenvalue weighted by Gasteiger charge is 2.37. The molecule has 0 aliphatic carbocycles. The summed E-state index contributed by atoms with van der Waals surface area (Å²) >= 11 is 0. The van der Waals surface area contributed by atoms with Crippen LogP contribution >= 0.6 is 0 Å². The summed E-state index contributed by atoms with van der Waals surface area (Å²) in [4.78, 5) is 2.30. The van der Waals surface area contributed by atoms with Crippen LogP contribution in [0.5, 0.6) is 0 Å². The molecule has 2 atom stereocenters. The first-order valence-corrected chi connectivity index (χ1v) is 5.32. The second kappa shape index (κ2) is 4.40. The van der Waals surface area contributed by atoms with Crippen LogP contribution in [0.2, 0.25) is 0 Å². The van der Waals surface area contributed by atoms with Gasteiger partial charge in [0.2, 0.25) is 0 Å². The lowest BCUT2D eigenvalue weighted by atomic mass is 9.83. The van der Waals surface area contributed by atoms with Crippen molar-refractivity contribution in [2.24, 2.45) is 5.73 Å². The van der Waals surface area contributed by atoms with Gasteiger partial charge in [-0.3, -0.25) is 0 Å². The van der Waals surface area contributed by atoms with Crippen molar-refractivity contribution in [2.45, 2.75) is 44.8 Å². The van der Waals surface area contributed by atoms with Crippen molar-refractivity contribution < 1.29 is 5.11 Å². The van der Waals surface area contributed by atoms with Crippen molar-refractivity contribution in [3.05, 3.63) is 0 Å². The second-order valence-corrected chi connectivity index (χ2v) is 4.10. The lowest BCUT2D eigenvalue weighted by Gasteiger charge is -2.42. The average molecular weight is 186 g/mol. The molecule has 0 aromatic rings. The van der Waals surface area contributed by atoms with E-state index in [4.69, 9.17) is 5.73 Å². The van der Waals surface area contributed by atoms with E-state index in [1.54, 1.807) is 0 Å². The number of aliphatic hydroxyl groups is 1. The van der Waals surface area contributed by atoms with Crippen molar-refractivity contribution >= 4 is 0 Å². The van der Waals surface area contributed by atoms with Crippen molar-refractivity contribution in [1.82, 2.24) is 4.90 Å². The maximum atomic E-state index is 10.2. The maximum absolute atomic E-state index is 10.2. The molecule has 2 unspecified atom stereocenters. The first kappa shape index (κ1) is 11.0. The Labute approximate surface area is 80.9 Å². The van der Waals surface area contributed by atoms with Crippen LogP contribution in [-0.2, 0) is 0 Å². The topological polar surface area (TPSA) is 49.5 Å². The Morgan fingerprint density at radius 3 is 2.69 bits per heavy atom. The molecule has 3 N–H and O–H groups in total. The molecule has 0 saturated carbocycles. The molecule has 0 aromatic heterocycles. The summed E-state index contributed by atoms with van der Waals surface area (Å²) in [5, 5.41) is 10.2. The summed E-state index contributed by atoms with van der Waals surface area (Å²) in [6.45, 7) is 7.09. The molecule has 3 heteroatoms. The molecule has 3 nitrogen and oxygen atoms in total. The summed E-state index contributed by atoms with van der Waals surface area (Å²) in [5.41, 5.74) is 5.38. The zero-order chi connectivity index (χ0) is 9.90. The molecular formula is C10H22N2O. The molecule has 0 aromatic carbocycles. The third-order valence-corrected chi connectivity index (χ3v) is 3.14. The van der Waals surface area contributed by atoms with Gasteiger partial charge < -0.3 is 15.7 Å². The van der Waals surface area contributed by atoms with Crippen LogP contribution in [0.15, 0.2) is 0 Å². The number of rotatable bonds is 3. The van der Waals surface area contributed by atoms with Gasteiger partial charge in [-0.1, -0.05) is 20.3 Å². The fourth-order valence-corrected chi connectivity index (χ4v) is 2.11. The average Bonchev–Trinajstić information content (AvgIpc) is 2.11. The molecular weight excluding hydrogens is 164 g/mol. The van der Waals surface area contributed by atoms with Crippen molar-refractivity contribution in [2.75, 3.05) is 19.6 Å². The van der Waals surface area contributed by atoms with E-state index in [2.05, 4.69) is 18.7 Å². The Kier molecular flexibility index (Phi) is 3.71. The second-order valence-electron chi connectivity index (χ2n) is 4.10. The Hall–Kier alpha value is -0.120. The van der Waals surface area contributed by atoms with Gasteiger partial charge in [-0.05, 0) is 19.4 Å². The van der Waals surface area contributed by atoms with Crippen LogP contribution in [-0.4, -0.2) is 41.3 Å².